The van der Waals surface area contributed by atoms with E-state index in [1.807, 2.05) is 0 Å². The van der Waals surface area contributed by atoms with Gasteiger partial charge < -0.3 is 9.47 Å². The molecule has 2 aliphatic rings. The Morgan fingerprint density at radius 1 is 0.880 bits per heavy atom. The summed E-state index contributed by atoms with van der Waals surface area (Å²) in [7, 11) is 3.52. The molecule has 2 aliphatic carbocycles. The zero-order valence-electron chi connectivity index (χ0n) is 15.5. The van der Waals surface area contributed by atoms with Gasteiger partial charge in [0.25, 0.3) is 0 Å². The summed E-state index contributed by atoms with van der Waals surface area (Å²) < 4.78 is 11.0. The van der Waals surface area contributed by atoms with Crippen molar-refractivity contribution in [1.29, 1.82) is 0 Å². The molecule has 0 amide bonds. The summed E-state index contributed by atoms with van der Waals surface area (Å²) in [5, 5.41) is 0. The third-order valence-electron chi connectivity index (χ3n) is 6.38. The largest absolute Gasteiger partial charge is 0.497 e. The molecular weight excluding hydrogens is 308 g/mol. The van der Waals surface area contributed by atoms with Crippen molar-refractivity contribution < 1.29 is 9.47 Å². The maximum absolute atomic E-state index is 5.61. The lowest BCUT2D eigenvalue weighted by atomic mass is 9.61. The second kappa shape index (κ2) is 6.74. The number of aryl methyl sites for hydroxylation is 1. The molecular formula is C23H28O2. The Morgan fingerprint density at radius 2 is 1.64 bits per heavy atom. The van der Waals surface area contributed by atoms with Crippen LogP contribution in [0, 0.1) is 12.8 Å². The number of rotatable bonds is 3. The molecule has 0 unspecified atom stereocenters. The van der Waals surface area contributed by atoms with Crippen molar-refractivity contribution in [1.82, 2.24) is 0 Å². The molecule has 2 heteroatoms. The van der Waals surface area contributed by atoms with E-state index in [-0.39, 0.29) is 0 Å². The Hall–Kier alpha value is -1.96. The van der Waals surface area contributed by atoms with Gasteiger partial charge in [0.2, 0.25) is 0 Å². The van der Waals surface area contributed by atoms with Crippen molar-refractivity contribution >= 4 is 0 Å². The van der Waals surface area contributed by atoms with E-state index in [2.05, 4.69) is 43.3 Å². The van der Waals surface area contributed by atoms with E-state index in [1.54, 1.807) is 19.8 Å². The predicted molar refractivity (Wildman–Crippen MR) is 102 cm³/mol. The molecule has 4 rings (SSSR count). The quantitative estimate of drug-likeness (QED) is 0.723. The number of hydrogen-bond acceptors (Lipinski definition) is 2. The molecule has 3 atom stereocenters. The third-order valence-corrected chi connectivity index (χ3v) is 6.38. The molecule has 0 radical (unpaired) electrons. The maximum atomic E-state index is 5.61. The van der Waals surface area contributed by atoms with E-state index >= 15 is 0 Å². The standard InChI is InChI=1S/C23H28O2/c1-15-12-17-13-21(16-8-10-18(24-2)11-9-16)19-6-4-5-7-20(19)22(17)14-23(15)25-3/h8-12,14,19-21H,4-7,13H2,1-3H3/t19-,20+,21-/m0/s1. The van der Waals surface area contributed by atoms with Crippen LogP contribution in [0.3, 0.4) is 0 Å². The van der Waals surface area contributed by atoms with Crippen molar-refractivity contribution in [3.8, 4) is 11.5 Å². The van der Waals surface area contributed by atoms with Gasteiger partial charge in [0.1, 0.15) is 11.5 Å². The molecule has 132 valence electrons. The van der Waals surface area contributed by atoms with Gasteiger partial charge in [-0.05, 0) is 84.4 Å². The van der Waals surface area contributed by atoms with Crippen molar-refractivity contribution in [2.75, 3.05) is 14.2 Å². The first kappa shape index (κ1) is 16.5. The van der Waals surface area contributed by atoms with Crippen LogP contribution < -0.4 is 9.47 Å². The topological polar surface area (TPSA) is 18.5 Å². The lowest BCUT2D eigenvalue weighted by Gasteiger charge is -2.43. The number of benzene rings is 2. The fourth-order valence-electron chi connectivity index (χ4n) is 5.14. The van der Waals surface area contributed by atoms with E-state index in [0.29, 0.717) is 11.8 Å². The highest BCUT2D eigenvalue weighted by Crippen LogP contribution is 2.52. The number of fused-ring (bicyclic) bond motifs is 3. The minimum atomic E-state index is 0.622. The second-order valence-electron chi connectivity index (χ2n) is 7.66. The summed E-state index contributed by atoms with van der Waals surface area (Å²) in [4.78, 5) is 0. The van der Waals surface area contributed by atoms with Crippen LogP contribution >= 0.6 is 0 Å². The number of hydrogen-bond donors (Lipinski definition) is 0. The first-order valence-corrected chi connectivity index (χ1v) is 9.52. The van der Waals surface area contributed by atoms with Crippen molar-refractivity contribution in [2.24, 2.45) is 5.92 Å². The van der Waals surface area contributed by atoms with Gasteiger partial charge in [0, 0.05) is 0 Å². The summed E-state index contributed by atoms with van der Waals surface area (Å²) in [5.74, 6) is 4.05. The Bertz CT molecular complexity index is 747. The van der Waals surface area contributed by atoms with Crippen LogP contribution in [0.1, 0.15) is 59.8 Å². The average Bonchev–Trinajstić information content (AvgIpc) is 2.67. The van der Waals surface area contributed by atoms with Gasteiger partial charge in [0.05, 0.1) is 14.2 Å². The SMILES string of the molecule is COc1ccc([C@@H]2Cc3cc(C)c(OC)cc3[C@@H]3CCCC[C@H]23)cc1. The van der Waals surface area contributed by atoms with Gasteiger partial charge in [-0.25, -0.2) is 0 Å². The minimum absolute atomic E-state index is 0.622. The number of methoxy groups -OCH3 is 2. The highest BCUT2D eigenvalue weighted by atomic mass is 16.5. The van der Waals surface area contributed by atoms with Crippen LogP contribution in [0.2, 0.25) is 0 Å². The smallest absolute Gasteiger partial charge is 0.122 e. The Morgan fingerprint density at radius 3 is 2.36 bits per heavy atom. The first-order chi connectivity index (χ1) is 12.2. The van der Waals surface area contributed by atoms with Crippen LogP contribution in [0.4, 0.5) is 0 Å². The Balaban J connectivity index is 1.75. The Labute approximate surface area is 151 Å². The Kier molecular flexibility index (Phi) is 4.45. The molecule has 0 spiro atoms. The van der Waals surface area contributed by atoms with Crippen molar-refractivity contribution in [2.45, 2.75) is 50.9 Å². The van der Waals surface area contributed by atoms with Crippen LogP contribution in [-0.2, 0) is 6.42 Å². The van der Waals surface area contributed by atoms with E-state index in [4.69, 9.17) is 9.47 Å². The molecule has 25 heavy (non-hydrogen) atoms. The summed E-state index contributed by atoms with van der Waals surface area (Å²) in [6.07, 6.45) is 6.53. The lowest BCUT2D eigenvalue weighted by molar-refractivity contribution is 0.242. The highest BCUT2D eigenvalue weighted by molar-refractivity contribution is 5.47. The zero-order chi connectivity index (χ0) is 17.4. The van der Waals surface area contributed by atoms with Crippen molar-refractivity contribution in [3.05, 3.63) is 58.7 Å². The highest BCUT2D eigenvalue weighted by Gasteiger charge is 2.39. The van der Waals surface area contributed by atoms with Crippen LogP contribution in [0.25, 0.3) is 0 Å². The maximum Gasteiger partial charge on any atom is 0.122 e. The fraction of sp³-hybridized carbons (Fsp3) is 0.478. The van der Waals surface area contributed by atoms with Crippen LogP contribution in [0.15, 0.2) is 36.4 Å². The molecule has 0 heterocycles. The lowest BCUT2D eigenvalue weighted by Crippen LogP contribution is -2.31. The van der Waals surface area contributed by atoms with Crippen LogP contribution in [-0.4, -0.2) is 14.2 Å². The van der Waals surface area contributed by atoms with Gasteiger partial charge in [-0.15, -0.1) is 0 Å². The molecule has 0 aromatic heterocycles. The second-order valence-corrected chi connectivity index (χ2v) is 7.66. The molecule has 2 nitrogen and oxygen atoms in total. The summed E-state index contributed by atoms with van der Waals surface area (Å²) in [5.41, 5.74) is 5.81. The molecule has 0 N–H and O–H groups in total. The molecule has 1 fully saturated rings. The fourth-order valence-corrected chi connectivity index (χ4v) is 5.14. The molecule has 2 aromatic rings. The van der Waals surface area contributed by atoms with E-state index < -0.39 is 0 Å². The molecule has 1 saturated carbocycles. The summed E-state index contributed by atoms with van der Waals surface area (Å²) in [6, 6.07) is 13.5. The van der Waals surface area contributed by atoms with Crippen LogP contribution in [0.5, 0.6) is 11.5 Å². The average molecular weight is 336 g/mol. The number of ether oxygens (including phenoxy) is 2. The molecule has 0 saturated heterocycles. The van der Waals surface area contributed by atoms with Crippen molar-refractivity contribution in [3.63, 3.8) is 0 Å². The molecule has 0 bridgehead atoms. The predicted octanol–water partition coefficient (Wildman–Crippen LogP) is 5.63. The monoisotopic (exact) mass is 336 g/mol. The minimum Gasteiger partial charge on any atom is -0.497 e. The summed E-state index contributed by atoms with van der Waals surface area (Å²) >= 11 is 0. The van der Waals surface area contributed by atoms with Gasteiger partial charge in [0.15, 0.2) is 0 Å². The van der Waals surface area contributed by atoms with E-state index in [0.717, 1.165) is 23.8 Å². The summed E-state index contributed by atoms with van der Waals surface area (Å²) in [6.45, 7) is 2.16. The van der Waals surface area contributed by atoms with Gasteiger partial charge in [-0.1, -0.05) is 31.0 Å². The van der Waals surface area contributed by atoms with E-state index in [9.17, 15) is 0 Å². The first-order valence-electron chi connectivity index (χ1n) is 9.52. The molecule has 2 aromatic carbocycles. The van der Waals surface area contributed by atoms with E-state index in [1.165, 1.54) is 42.4 Å². The van der Waals surface area contributed by atoms with Gasteiger partial charge in [-0.3, -0.25) is 0 Å². The van der Waals surface area contributed by atoms with Gasteiger partial charge in [-0.2, -0.15) is 0 Å². The zero-order valence-corrected chi connectivity index (χ0v) is 15.5. The van der Waals surface area contributed by atoms with Gasteiger partial charge >= 0.3 is 0 Å². The third kappa shape index (κ3) is 2.92. The molecule has 0 aliphatic heterocycles. The normalized spacial score (nSPS) is 25.0.